The van der Waals surface area contributed by atoms with E-state index in [9.17, 15) is 0 Å². The molecule has 2 heterocycles. The van der Waals surface area contributed by atoms with Crippen molar-refractivity contribution >= 4 is 5.82 Å². The summed E-state index contributed by atoms with van der Waals surface area (Å²) in [5, 5.41) is 4.44. The number of allylic oxidation sites excluding steroid dienone is 1. The molecule has 0 bridgehead atoms. The summed E-state index contributed by atoms with van der Waals surface area (Å²) in [7, 11) is 2.05. The van der Waals surface area contributed by atoms with Crippen molar-refractivity contribution in [2.45, 2.75) is 26.3 Å². The Morgan fingerprint density at radius 2 is 2.36 bits per heavy atom. The zero-order valence-corrected chi connectivity index (χ0v) is 8.75. The highest BCUT2D eigenvalue weighted by molar-refractivity contribution is 5.47. The van der Waals surface area contributed by atoms with Gasteiger partial charge >= 0.3 is 0 Å². The number of anilines is 1. The molecule has 1 aliphatic rings. The minimum absolute atomic E-state index is 0.985. The zero-order chi connectivity index (χ0) is 10.1. The fourth-order valence-electron chi connectivity index (χ4n) is 1.88. The third-order valence-electron chi connectivity index (χ3n) is 2.62. The fraction of sp³-hybridized carbons (Fsp3) is 0.455. The Balaban J connectivity index is 2.48. The van der Waals surface area contributed by atoms with E-state index in [1.807, 2.05) is 14.0 Å². The van der Waals surface area contributed by atoms with Crippen LogP contribution in [0.1, 0.15) is 18.5 Å². The molecule has 0 unspecified atom stereocenters. The van der Waals surface area contributed by atoms with Crippen molar-refractivity contribution in [3.8, 4) is 0 Å². The van der Waals surface area contributed by atoms with Crippen molar-refractivity contribution in [2.75, 3.05) is 11.9 Å². The van der Waals surface area contributed by atoms with Crippen LogP contribution in [0.25, 0.3) is 0 Å². The maximum Gasteiger partial charge on any atom is 0.131 e. The van der Waals surface area contributed by atoms with Crippen LogP contribution in [-0.4, -0.2) is 16.8 Å². The summed E-state index contributed by atoms with van der Waals surface area (Å²) in [4.78, 5) is 2.12. The molecule has 3 nitrogen and oxygen atoms in total. The van der Waals surface area contributed by atoms with E-state index in [4.69, 9.17) is 0 Å². The van der Waals surface area contributed by atoms with Crippen LogP contribution in [0.5, 0.6) is 0 Å². The molecule has 0 saturated carbocycles. The van der Waals surface area contributed by atoms with Gasteiger partial charge in [0.05, 0.1) is 11.4 Å². The molecule has 74 valence electrons. The lowest BCUT2D eigenvalue weighted by molar-refractivity contribution is 0.595. The minimum atomic E-state index is 0.985. The van der Waals surface area contributed by atoms with Crippen molar-refractivity contribution in [2.24, 2.45) is 0 Å². The van der Waals surface area contributed by atoms with E-state index >= 15 is 0 Å². The van der Waals surface area contributed by atoms with Gasteiger partial charge in [0.1, 0.15) is 5.82 Å². The average Bonchev–Trinajstić information content (AvgIpc) is 2.47. The van der Waals surface area contributed by atoms with Crippen LogP contribution >= 0.6 is 0 Å². The normalized spacial score (nSPS) is 16.1. The first-order valence-corrected chi connectivity index (χ1v) is 4.89. The van der Waals surface area contributed by atoms with E-state index in [-0.39, 0.29) is 0 Å². The van der Waals surface area contributed by atoms with E-state index in [0.29, 0.717) is 0 Å². The molecule has 1 aliphatic heterocycles. The van der Waals surface area contributed by atoms with Gasteiger partial charge in [-0.3, -0.25) is 0 Å². The molecule has 0 atom stereocenters. The van der Waals surface area contributed by atoms with Crippen molar-refractivity contribution in [1.29, 1.82) is 0 Å². The second-order valence-corrected chi connectivity index (χ2v) is 3.65. The third kappa shape index (κ3) is 1.36. The van der Waals surface area contributed by atoms with Crippen molar-refractivity contribution in [3.63, 3.8) is 0 Å². The molecule has 0 N–H and O–H groups in total. The second kappa shape index (κ2) is 3.35. The summed E-state index contributed by atoms with van der Waals surface area (Å²) in [5.74, 6) is 1.14. The van der Waals surface area contributed by atoms with Crippen LogP contribution in [0.2, 0.25) is 0 Å². The van der Waals surface area contributed by atoms with Gasteiger partial charge in [0, 0.05) is 19.7 Å². The van der Waals surface area contributed by atoms with E-state index in [2.05, 4.69) is 33.1 Å². The third-order valence-corrected chi connectivity index (χ3v) is 2.62. The standard InChI is InChI=1S/C11H15N3/c1-4-10-6-5-7-14-11(13(10)3)8-9(2)12-14/h8H,1,5-7H2,2-3H3. The second-order valence-electron chi connectivity index (χ2n) is 3.65. The molecule has 0 saturated heterocycles. The van der Waals surface area contributed by atoms with Crippen LogP contribution in [0.3, 0.4) is 0 Å². The van der Waals surface area contributed by atoms with E-state index in [1.54, 1.807) is 0 Å². The highest BCUT2D eigenvalue weighted by Crippen LogP contribution is 2.24. The quantitative estimate of drug-likeness (QED) is 0.583. The molecule has 0 fully saturated rings. The molecule has 1 aromatic rings. The summed E-state index contributed by atoms with van der Waals surface area (Å²) < 4.78 is 2.06. The van der Waals surface area contributed by atoms with Crippen LogP contribution in [0, 0.1) is 6.92 Å². The summed E-state index contributed by atoms with van der Waals surface area (Å²) in [5.41, 5.74) is 5.22. The first-order valence-electron chi connectivity index (χ1n) is 4.89. The van der Waals surface area contributed by atoms with Crippen LogP contribution in [-0.2, 0) is 6.54 Å². The molecule has 0 amide bonds. The Kier molecular flexibility index (Phi) is 2.18. The van der Waals surface area contributed by atoms with Gasteiger partial charge in [-0.1, -0.05) is 6.58 Å². The first kappa shape index (κ1) is 9.10. The molecule has 0 radical (unpaired) electrons. The number of nitrogens with zero attached hydrogens (tertiary/aromatic N) is 3. The van der Waals surface area contributed by atoms with E-state index in [0.717, 1.165) is 36.6 Å². The number of aromatic nitrogens is 2. The smallest absolute Gasteiger partial charge is 0.131 e. The van der Waals surface area contributed by atoms with Crippen LogP contribution in [0.4, 0.5) is 5.82 Å². The predicted octanol–water partition coefficient (Wildman–Crippen LogP) is 2.09. The SMILES string of the molecule is C=C=C1CCCn2nc(C)cc2N1C. The van der Waals surface area contributed by atoms with Gasteiger partial charge < -0.3 is 4.90 Å². The Bertz CT molecular complexity index is 397. The van der Waals surface area contributed by atoms with E-state index < -0.39 is 0 Å². The van der Waals surface area contributed by atoms with Crippen molar-refractivity contribution in [1.82, 2.24) is 9.78 Å². The zero-order valence-electron chi connectivity index (χ0n) is 8.75. The lowest BCUT2D eigenvalue weighted by atomic mass is 10.2. The van der Waals surface area contributed by atoms with Gasteiger partial charge in [-0.05, 0) is 19.8 Å². The van der Waals surface area contributed by atoms with Gasteiger partial charge in [-0.25, -0.2) is 4.68 Å². The lowest BCUT2D eigenvalue weighted by Crippen LogP contribution is -2.16. The summed E-state index contributed by atoms with van der Waals surface area (Å²) in [6, 6.07) is 2.10. The van der Waals surface area contributed by atoms with Gasteiger partial charge in [0.15, 0.2) is 0 Å². The number of hydrogen-bond acceptors (Lipinski definition) is 2. The summed E-state index contributed by atoms with van der Waals surface area (Å²) in [6.07, 6.45) is 2.14. The maximum absolute atomic E-state index is 4.44. The van der Waals surface area contributed by atoms with Crippen LogP contribution < -0.4 is 4.90 Å². The summed E-state index contributed by atoms with van der Waals surface area (Å²) >= 11 is 0. The number of rotatable bonds is 0. The van der Waals surface area contributed by atoms with Crippen LogP contribution in [0.15, 0.2) is 24.1 Å². The topological polar surface area (TPSA) is 21.1 Å². The Labute approximate surface area is 84.3 Å². The molecular weight excluding hydrogens is 174 g/mol. The number of hydrogen-bond donors (Lipinski definition) is 0. The van der Waals surface area contributed by atoms with Gasteiger partial charge in [-0.2, -0.15) is 5.10 Å². The van der Waals surface area contributed by atoms with Crippen molar-refractivity contribution in [3.05, 3.63) is 29.8 Å². The Morgan fingerprint density at radius 1 is 1.57 bits per heavy atom. The van der Waals surface area contributed by atoms with Crippen molar-refractivity contribution < 1.29 is 0 Å². The minimum Gasteiger partial charge on any atom is -0.327 e. The monoisotopic (exact) mass is 189 g/mol. The number of aryl methyl sites for hydroxylation is 2. The molecule has 0 aliphatic carbocycles. The molecule has 0 aromatic carbocycles. The van der Waals surface area contributed by atoms with Gasteiger partial charge in [-0.15, -0.1) is 5.73 Å². The average molecular weight is 189 g/mol. The molecule has 3 heteroatoms. The fourth-order valence-corrected chi connectivity index (χ4v) is 1.88. The Hall–Kier alpha value is -1.47. The predicted molar refractivity (Wildman–Crippen MR) is 57.3 cm³/mol. The number of fused-ring (bicyclic) bond motifs is 1. The summed E-state index contributed by atoms with van der Waals surface area (Å²) in [6.45, 7) is 6.73. The molecule has 0 spiro atoms. The highest BCUT2D eigenvalue weighted by Gasteiger charge is 2.16. The van der Waals surface area contributed by atoms with Gasteiger partial charge in [0.2, 0.25) is 0 Å². The lowest BCUT2D eigenvalue weighted by Gasteiger charge is -2.17. The molecule has 14 heavy (non-hydrogen) atoms. The molecular formula is C11H15N3. The van der Waals surface area contributed by atoms with E-state index in [1.165, 1.54) is 0 Å². The van der Waals surface area contributed by atoms with Gasteiger partial charge in [0.25, 0.3) is 0 Å². The molecule has 2 rings (SSSR count). The molecule has 1 aromatic heterocycles. The Morgan fingerprint density at radius 3 is 3.07 bits per heavy atom. The first-order chi connectivity index (χ1) is 6.72. The maximum atomic E-state index is 4.44. The highest BCUT2D eigenvalue weighted by atomic mass is 15.4. The largest absolute Gasteiger partial charge is 0.327 e.